The summed E-state index contributed by atoms with van der Waals surface area (Å²) in [6.07, 6.45) is 1.51. The van der Waals surface area contributed by atoms with Gasteiger partial charge >= 0.3 is 12.2 Å². The van der Waals surface area contributed by atoms with Gasteiger partial charge in [-0.3, -0.25) is 4.98 Å². The largest absolute Gasteiger partial charge is 0.443 e. The van der Waals surface area contributed by atoms with Crippen molar-refractivity contribution in [1.29, 1.82) is 0 Å². The van der Waals surface area contributed by atoms with Crippen LogP contribution in [0.15, 0.2) is 48.8 Å². The lowest BCUT2D eigenvalue weighted by atomic mass is 10.1. The Bertz CT molecular complexity index is 777. The molecule has 0 aliphatic rings. The van der Waals surface area contributed by atoms with Gasteiger partial charge in [0.25, 0.3) is 0 Å². The molecule has 0 radical (unpaired) electrons. The van der Waals surface area contributed by atoms with E-state index >= 15 is 0 Å². The summed E-state index contributed by atoms with van der Waals surface area (Å²) >= 11 is 0. The van der Waals surface area contributed by atoms with Gasteiger partial charge in [0.15, 0.2) is 0 Å². The Labute approximate surface area is 160 Å². The SMILES string of the molecule is CC(C)(C)OC(=O)N(C(=O)OC(C)(C)C)c1ccncc1-c1ccccc1. The van der Waals surface area contributed by atoms with Gasteiger partial charge in [0.1, 0.15) is 11.2 Å². The van der Waals surface area contributed by atoms with Crippen molar-refractivity contribution < 1.29 is 19.1 Å². The first-order valence-corrected chi connectivity index (χ1v) is 8.73. The Morgan fingerprint density at radius 2 is 1.37 bits per heavy atom. The topological polar surface area (TPSA) is 68.7 Å². The highest BCUT2D eigenvalue weighted by molar-refractivity contribution is 6.12. The molecular weight excluding hydrogens is 344 g/mol. The molecule has 0 aliphatic heterocycles. The third kappa shape index (κ3) is 5.81. The van der Waals surface area contributed by atoms with Crippen molar-refractivity contribution in [1.82, 2.24) is 4.98 Å². The Morgan fingerprint density at radius 3 is 1.85 bits per heavy atom. The van der Waals surface area contributed by atoms with Gasteiger partial charge in [-0.15, -0.1) is 0 Å². The fourth-order valence-corrected chi connectivity index (χ4v) is 2.31. The fraction of sp³-hybridized carbons (Fsp3) is 0.381. The maximum atomic E-state index is 12.9. The van der Waals surface area contributed by atoms with Crippen molar-refractivity contribution in [3.63, 3.8) is 0 Å². The minimum absolute atomic E-state index is 0.347. The molecule has 0 bridgehead atoms. The molecule has 0 spiro atoms. The Kier molecular flexibility index (Phi) is 5.88. The molecule has 0 saturated carbocycles. The maximum absolute atomic E-state index is 12.9. The van der Waals surface area contributed by atoms with E-state index in [0.717, 1.165) is 10.5 Å². The van der Waals surface area contributed by atoms with E-state index in [-0.39, 0.29) is 0 Å². The molecule has 1 aromatic carbocycles. The van der Waals surface area contributed by atoms with Crippen LogP contribution >= 0.6 is 0 Å². The standard InChI is InChI=1S/C21H26N2O4/c1-20(2,3)26-18(24)23(19(25)27-21(4,5)6)17-12-13-22-14-16(17)15-10-8-7-9-11-15/h7-14H,1-6H3. The number of benzene rings is 1. The molecule has 0 unspecified atom stereocenters. The number of aromatic nitrogens is 1. The van der Waals surface area contributed by atoms with Gasteiger partial charge in [0.05, 0.1) is 5.69 Å². The number of pyridine rings is 1. The zero-order valence-electron chi connectivity index (χ0n) is 16.6. The molecule has 1 aromatic heterocycles. The van der Waals surface area contributed by atoms with Gasteiger partial charge in [-0.25, -0.2) is 9.59 Å². The summed E-state index contributed by atoms with van der Waals surface area (Å²) in [5, 5.41) is 0. The highest BCUT2D eigenvalue weighted by atomic mass is 16.6. The summed E-state index contributed by atoms with van der Waals surface area (Å²) in [6.45, 7) is 10.4. The van der Waals surface area contributed by atoms with Crippen molar-refractivity contribution in [3.8, 4) is 11.1 Å². The highest BCUT2D eigenvalue weighted by Crippen LogP contribution is 2.32. The first-order chi connectivity index (χ1) is 12.5. The molecule has 1 heterocycles. The van der Waals surface area contributed by atoms with Crippen LogP contribution in [0.5, 0.6) is 0 Å². The first-order valence-electron chi connectivity index (χ1n) is 8.73. The number of carbonyl (C=O) groups excluding carboxylic acids is 2. The number of hydrogen-bond donors (Lipinski definition) is 0. The van der Waals surface area contributed by atoms with Crippen molar-refractivity contribution >= 4 is 17.9 Å². The number of hydrogen-bond acceptors (Lipinski definition) is 5. The van der Waals surface area contributed by atoms with Crippen LogP contribution in [0, 0.1) is 0 Å². The third-order valence-electron chi connectivity index (χ3n) is 3.28. The van der Waals surface area contributed by atoms with Gasteiger partial charge in [0, 0.05) is 18.0 Å². The highest BCUT2D eigenvalue weighted by Gasteiger charge is 2.34. The number of ether oxygens (including phenoxy) is 2. The lowest BCUT2D eigenvalue weighted by Crippen LogP contribution is -2.44. The van der Waals surface area contributed by atoms with Crippen LogP contribution in [0.3, 0.4) is 0 Å². The van der Waals surface area contributed by atoms with E-state index in [2.05, 4.69) is 4.98 Å². The van der Waals surface area contributed by atoms with Crippen molar-refractivity contribution in [2.75, 3.05) is 4.90 Å². The Morgan fingerprint density at radius 1 is 0.852 bits per heavy atom. The van der Waals surface area contributed by atoms with Crippen LogP contribution in [-0.2, 0) is 9.47 Å². The second kappa shape index (κ2) is 7.78. The average molecular weight is 370 g/mol. The van der Waals surface area contributed by atoms with Crippen LogP contribution in [0.1, 0.15) is 41.5 Å². The number of imide groups is 1. The summed E-state index contributed by atoms with van der Waals surface area (Å²) in [5.41, 5.74) is 0.251. The predicted octanol–water partition coefficient (Wildman–Crippen LogP) is 5.43. The zero-order chi connectivity index (χ0) is 20.2. The minimum atomic E-state index is -0.805. The second-order valence-electron chi connectivity index (χ2n) is 8.05. The van der Waals surface area contributed by atoms with Crippen molar-refractivity contribution in [2.45, 2.75) is 52.7 Å². The lowest BCUT2D eigenvalue weighted by molar-refractivity contribution is 0.0431. The Hall–Kier alpha value is -2.89. The smallest absolute Gasteiger partial charge is 0.424 e. The number of anilines is 1. The molecule has 0 atom stereocenters. The first kappa shape index (κ1) is 20.4. The molecule has 2 rings (SSSR count). The number of rotatable bonds is 2. The maximum Gasteiger partial charge on any atom is 0.424 e. The summed E-state index contributed by atoms with van der Waals surface area (Å²) in [6, 6.07) is 11.0. The minimum Gasteiger partial charge on any atom is -0.443 e. The molecule has 0 saturated heterocycles. The molecule has 0 aliphatic carbocycles. The third-order valence-corrected chi connectivity index (χ3v) is 3.28. The van der Waals surface area contributed by atoms with Gasteiger partial charge in [-0.05, 0) is 53.2 Å². The summed E-state index contributed by atoms with van der Waals surface area (Å²) in [4.78, 5) is 30.8. The molecular formula is C21H26N2O4. The number of carbonyl (C=O) groups is 2. The van der Waals surface area contributed by atoms with E-state index < -0.39 is 23.4 Å². The van der Waals surface area contributed by atoms with Crippen LogP contribution in [-0.4, -0.2) is 28.4 Å². The van der Waals surface area contributed by atoms with Crippen LogP contribution in [0.4, 0.5) is 15.3 Å². The van der Waals surface area contributed by atoms with E-state index in [1.807, 2.05) is 30.3 Å². The van der Waals surface area contributed by atoms with E-state index in [1.54, 1.807) is 53.8 Å². The monoisotopic (exact) mass is 370 g/mol. The Balaban J connectivity index is 2.54. The van der Waals surface area contributed by atoms with E-state index in [0.29, 0.717) is 11.3 Å². The van der Waals surface area contributed by atoms with Crippen molar-refractivity contribution in [3.05, 3.63) is 48.8 Å². The molecule has 6 heteroatoms. The molecule has 2 aromatic rings. The summed E-state index contributed by atoms with van der Waals surface area (Å²) in [7, 11) is 0. The van der Waals surface area contributed by atoms with Gasteiger partial charge in [-0.1, -0.05) is 30.3 Å². The number of amides is 2. The van der Waals surface area contributed by atoms with Crippen LogP contribution in [0.2, 0.25) is 0 Å². The molecule has 27 heavy (non-hydrogen) atoms. The lowest BCUT2D eigenvalue weighted by Gasteiger charge is -2.29. The van der Waals surface area contributed by atoms with Crippen LogP contribution in [0.25, 0.3) is 11.1 Å². The molecule has 6 nitrogen and oxygen atoms in total. The van der Waals surface area contributed by atoms with E-state index in [9.17, 15) is 9.59 Å². The van der Waals surface area contributed by atoms with Gasteiger partial charge in [0.2, 0.25) is 0 Å². The average Bonchev–Trinajstić information content (AvgIpc) is 2.53. The van der Waals surface area contributed by atoms with Crippen molar-refractivity contribution in [2.24, 2.45) is 0 Å². The van der Waals surface area contributed by atoms with E-state index in [1.165, 1.54) is 6.20 Å². The summed E-state index contributed by atoms with van der Waals surface area (Å²) in [5.74, 6) is 0. The normalized spacial score (nSPS) is 11.6. The zero-order valence-corrected chi connectivity index (χ0v) is 16.6. The quantitative estimate of drug-likeness (QED) is 0.705. The fourth-order valence-electron chi connectivity index (χ4n) is 2.31. The van der Waals surface area contributed by atoms with E-state index in [4.69, 9.17) is 9.47 Å². The number of nitrogens with zero attached hydrogens (tertiary/aromatic N) is 2. The van der Waals surface area contributed by atoms with Gasteiger partial charge < -0.3 is 9.47 Å². The molecule has 0 N–H and O–H groups in total. The summed E-state index contributed by atoms with van der Waals surface area (Å²) < 4.78 is 10.9. The molecule has 2 amide bonds. The predicted molar refractivity (Wildman–Crippen MR) is 105 cm³/mol. The second-order valence-corrected chi connectivity index (χ2v) is 8.05. The van der Waals surface area contributed by atoms with Gasteiger partial charge in [-0.2, -0.15) is 4.90 Å². The molecule has 0 fully saturated rings. The van der Waals surface area contributed by atoms with Crippen LogP contribution < -0.4 is 4.90 Å². The molecule has 144 valence electrons.